The van der Waals surface area contributed by atoms with E-state index in [1.807, 2.05) is 18.3 Å². The highest BCUT2D eigenvalue weighted by molar-refractivity contribution is 7.91. The second kappa shape index (κ2) is 14.9. The molecule has 1 saturated heterocycles. The zero-order chi connectivity index (χ0) is 28.9. The van der Waals surface area contributed by atoms with Crippen LogP contribution in [0.15, 0.2) is 74.1 Å². The average Bonchev–Trinajstić information content (AvgIpc) is 3.37. The number of nitrogens with zero attached hydrogens (tertiary/aromatic N) is 5. The van der Waals surface area contributed by atoms with E-state index < -0.39 is 20.7 Å². The maximum absolute atomic E-state index is 12.8. The molecule has 0 spiro atoms. The van der Waals surface area contributed by atoms with Crippen LogP contribution < -0.4 is 25.0 Å². The number of sulfone groups is 1. The smallest absolute Gasteiger partial charge is 0.415 e. The van der Waals surface area contributed by atoms with E-state index in [0.717, 1.165) is 25.4 Å². The number of aliphatic imine (C=N–C) groups is 1. The third kappa shape index (κ3) is 8.57. The van der Waals surface area contributed by atoms with Gasteiger partial charge in [0.1, 0.15) is 12.4 Å². The van der Waals surface area contributed by atoms with Crippen molar-refractivity contribution in [2.45, 2.75) is 42.1 Å². The van der Waals surface area contributed by atoms with Crippen LogP contribution in [-0.2, 0) is 16.4 Å². The zero-order valence-electron chi connectivity index (χ0n) is 22.6. The summed E-state index contributed by atoms with van der Waals surface area (Å²) >= 11 is 0. The molecule has 2 heterocycles. The van der Waals surface area contributed by atoms with Crippen molar-refractivity contribution < 1.29 is 27.4 Å². The first kappa shape index (κ1) is 29.6. The molecular formula is C27H33N7O6S. The van der Waals surface area contributed by atoms with Crippen LogP contribution in [0, 0.1) is 16.7 Å². The SMILES string of the molecule is N#CNC(=NCCCOc1cccc(CN2CCCCC2)c1)NCCOc1no[n+]([O-])c1S(=O)(=O)c1ccccc1. The van der Waals surface area contributed by atoms with Crippen molar-refractivity contribution in [1.29, 1.82) is 5.26 Å². The molecule has 1 aliphatic rings. The number of nitriles is 1. The lowest BCUT2D eigenvalue weighted by atomic mass is 10.1. The molecule has 0 bridgehead atoms. The van der Waals surface area contributed by atoms with E-state index in [0.29, 0.717) is 19.6 Å². The second-order valence-electron chi connectivity index (χ2n) is 9.29. The van der Waals surface area contributed by atoms with E-state index in [9.17, 15) is 13.6 Å². The summed E-state index contributed by atoms with van der Waals surface area (Å²) in [7, 11) is -4.21. The van der Waals surface area contributed by atoms with Gasteiger partial charge in [0.2, 0.25) is 5.96 Å². The molecule has 2 aromatic carbocycles. The number of nitrogens with one attached hydrogen (secondary N) is 2. The first-order valence-corrected chi connectivity index (χ1v) is 14.9. The van der Waals surface area contributed by atoms with E-state index in [1.165, 1.54) is 49.1 Å². The van der Waals surface area contributed by atoms with Crippen LogP contribution in [-0.4, -0.2) is 63.8 Å². The van der Waals surface area contributed by atoms with Crippen molar-refractivity contribution in [2.75, 3.05) is 39.4 Å². The summed E-state index contributed by atoms with van der Waals surface area (Å²) in [4.78, 5) is 6.49. The Morgan fingerprint density at radius 1 is 1.12 bits per heavy atom. The fourth-order valence-corrected chi connectivity index (χ4v) is 5.60. The predicted molar refractivity (Wildman–Crippen MR) is 148 cm³/mol. The Hall–Kier alpha value is -4.35. The number of guanidine groups is 1. The van der Waals surface area contributed by atoms with Crippen LogP contribution in [0.5, 0.6) is 11.6 Å². The van der Waals surface area contributed by atoms with Gasteiger partial charge in [-0.15, -0.1) is 0 Å². The summed E-state index contributed by atoms with van der Waals surface area (Å²) in [5.41, 5.74) is 1.23. The third-order valence-corrected chi connectivity index (χ3v) is 7.98. The van der Waals surface area contributed by atoms with Crippen LogP contribution in [0.1, 0.15) is 31.2 Å². The summed E-state index contributed by atoms with van der Waals surface area (Å²) < 4.78 is 41.4. The molecule has 0 saturated carbocycles. The molecule has 1 fully saturated rings. The Labute approximate surface area is 238 Å². The minimum atomic E-state index is -4.21. The summed E-state index contributed by atoms with van der Waals surface area (Å²) in [5, 5.41) is 29.0. The maximum atomic E-state index is 12.8. The van der Waals surface area contributed by atoms with Crippen molar-refractivity contribution >= 4 is 15.8 Å². The Bertz CT molecular complexity index is 1430. The molecule has 4 rings (SSSR count). The number of hydrogen-bond donors (Lipinski definition) is 2. The molecule has 3 aromatic rings. The van der Waals surface area contributed by atoms with Crippen molar-refractivity contribution in [1.82, 2.24) is 20.7 Å². The third-order valence-electron chi connectivity index (χ3n) is 6.26. The molecule has 41 heavy (non-hydrogen) atoms. The van der Waals surface area contributed by atoms with Gasteiger partial charge in [-0.2, -0.15) is 5.26 Å². The van der Waals surface area contributed by atoms with E-state index in [4.69, 9.17) is 14.7 Å². The number of piperidine rings is 1. The van der Waals surface area contributed by atoms with Gasteiger partial charge in [0.05, 0.1) is 23.2 Å². The summed E-state index contributed by atoms with van der Waals surface area (Å²) in [6, 6.07) is 15.5. The van der Waals surface area contributed by atoms with Gasteiger partial charge in [0.15, 0.2) is 6.19 Å². The lowest BCUT2D eigenvalue weighted by Gasteiger charge is -2.26. The summed E-state index contributed by atoms with van der Waals surface area (Å²) in [5.74, 6) is 0.570. The highest BCUT2D eigenvalue weighted by Crippen LogP contribution is 2.24. The largest absolute Gasteiger partial charge is 0.494 e. The van der Waals surface area contributed by atoms with Crippen molar-refractivity contribution in [3.05, 3.63) is 65.4 Å². The topological polar surface area (TPSA) is 169 Å². The van der Waals surface area contributed by atoms with Gasteiger partial charge in [-0.1, -0.05) is 36.8 Å². The van der Waals surface area contributed by atoms with Gasteiger partial charge in [-0.3, -0.25) is 19.8 Å². The Kier molecular flexibility index (Phi) is 10.7. The highest BCUT2D eigenvalue weighted by atomic mass is 32.2. The summed E-state index contributed by atoms with van der Waals surface area (Å²) in [6.07, 6.45) is 6.25. The summed E-state index contributed by atoms with van der Waals surface area (Å²) in [6.45, 7) is 4.10. The Balaban J connectivity index is 1.21. The normalized spacial score (nSPS) is 14.3. The molecule has 14 heteroatoms. The van der Waals surface area contributed by atoms with Gasteiger partial charge >= 0.3 is 10.9 Å². The van der Waals surface area contributed by atoms with E-state index >= 15 is 0 Å². The fourth-order valence-electron chi connectivity index (χ4n) is 4.31. The van der Waals surface area contributed by atoms with Crippen molar-refractivity contribution in [3.8, 4) is 17.8 Å². The van der Waals surface area contributed by atoms with Crippen molar-refractivity contribution in [2.24, 2.45) is 4.99 Å². The zero-order valence-corrected chi connectivity index (χ0v) is 23.4. The van der Waals surface area contributed by atoms with E-state index in [2.05, 4.69) is 42.4 Å². The molecule has 0 aliphatic carbocycles. The lowest BCUT2D eigenvalue weighted by molar-refractivity contribution is -0.832. The molecule has 0 radical (unpaired) electrons. The van der Waals surface area contributed by atoms with Crippen LogP contribution >= 0.6 is 0 Å². The lowest BCUT2D eigenvalue weighted by Crippen LogP contribution is -2.37. The van der Waals surface area contributed by atoms with Crippen LogP contribution in [0.25, 0.3) is 0 Å². The fraction of sp³-hybridized carbons (Fsp3) is 0.407. The molecule has 2 N–H and O–H groups in total. The molecule has 1 aliphatic heterocycles. The molecule has 0 amide bonds. The number of likely N-dealkylation sites (tertiary alicyclic amines) is 1. The van der Waals surface area contributed by atoms with E-state index in [-0.39, 0.29) is 28.9 Å². The minimum Gasteiger partial charge on any atom is -0.494 e. The molecule has 0 atom stereocenters. The van der Waals surface area contributed by atoms with Gasteiger partial charge < -0.3 is 20.0 Å². The Morgan fingerprint density at radius 3 is 2.71 bits per heavy atom. The Morgan fingerprint density at radius 2 is 1.93 bits per heavy atom. The van der Waals surface area contributed by atoms with Crippen molar-refractivity contribution in [3.63, 3.8) is 0 Å². The highest BCUT2D eigenvalue weighted by Gasteiger charge is 2.35. The quantitative estimate of drug-likeness (QED) is 0.0753. The minimum absolute atomic E-state index is 0.0904. The molecular weight excluding hydrogens is 550 g/mol. The number of benzene rings is 2. The predicted octanol–water partition coefficient (Wildman–Crippen LogP) is 1.99. The molecule has 13 nitrogen and oxygen atoms in total. The van der Waals surface area contributed by atoms with Gasteiger partial charge in [0, 0.05) is 19.5 Å². The van der Waals surface area contributed by atoms with Gasteiger partial charge in [0.25, 0.3) is 9.84 Å². The monoisotopic (exact) mass is 583 g/mol. The van der Waals surface area contributed by atoms with Gasteiger partial charge in [-0.25, -0.2) is 8.42 Å². The standard InChI is InChI=1S/C27H33N7O6S/c28-21-31-27(29-13-8-17-38-23-10-7-9-22(19-23)20-33-15-5-2-6-16-33)30-14-18-39-25-26(34(35)40-32-25)41(36,37)24-11-3-1-4-12-24/h1,3-4,7,9-12,19H,2,5-6,8,13-18,20H2,(H2,29,30,31). The molecule has 218 valence electrons. The second-order valence-corrected chi connectivity index (χ2v) is 11.2. The van der Waals surface area contributed by atoms with E-state index in [1.54, 1.807) is 6.07 Å². The average molecular weight is 584 g/mol. The van der Waals surface area contributed by atoms with Crippen LogP contribution in [0.3, 0.4) is 0 Å². The van der Waals surface area contributed by atoms with Crippen LogP contribution in [0.2, 0.25) is 0 Å². The molecule has 1 aromatic heterocycles. The molecule has 0 unspecified atom stereocenters. The first-order valence-electron chi connectivity index (χ1n) is 13.4. The number of ether oxygens (including phenoxy) is 2. The van der Waals surface area contributed by atoms with Crippen LogP contribution in [0.4, 0.5) is 0 Å². The first-order chi connectivity index (χ1) is 20.0. The van der Waals surface area contributed by atoms with Gasteiger partial charge in [-0.05, 0) is 60.7 Å². The number of rotatable bonds is 13. The number of hydrogen-bond acceptors (Lipinski definition) is 10. The number of aromatic nitrogens is 2. The maximum Gasteiger partial charge on any atom is 0.415 e.